The molecule has 0 aromatic heterocycles. The molecule has 5 heteroatoms. The molecule has 3 aromatic rings. The average Bonchev–Trinajstić information content (AvgIpc) is 2.71. The first-order valence-electron chi connectivity index (χ1n) is 9.52. The Morgan fingerprint density at radius 1 is 0.867 bits per heavy atom. The largest absolute Gasteiger partial charge is 0.507 e. The minimum atomic E-state index is -4.04. The number of hydrogen-bond donors (Lipinski definition) is 1. The number of hydrogen-bond acceptors (Lipinski definition) is 4. The van der Waals surface area contributed by atoms with Crippen LogP contribution >= 0.6 is 0 Å². The highest BCUT2D eigenvalue weighted by molar-refractivity contribution is 7.87. The monoisotopic (exact) mass is 420 g/mol. The summed E-state index contributed by atoms with van der Waals surface area (Å²) in [5, 5.41) is 10.5. The zero-order valence-electron chi connectivity index (χ0n) is 16.8. The second kappa shape index (κ2) is 9.01. The van der Waals surface area contributed by atoms with E-state index in [0.29, 0.717) is 24.0 Å². The van der Waals surface area contributed by atoms with Crippen molar-refractivity contribution in [2.45, 2.75) is 24.7 Å². The molecule has 0 heterocycles. The third-order valence-corrected chi connectivity index (χ3v) is 5.91. The van der Waals surface area contributed by atoms with Crippen LogP contribution < -0.4 is 4.18 Å². The Balaban J connectivity index is 2.12. The number of phenols is 1. The van der Waals surface area contributed by atoms with Gasteiger partial charge in [-0.1, -0.05) is 42.0 Å². The smallest absolute Gasteiger partial charge is 0.339 e. The standard InChI is InChI=1S/C25H24O4S/c1-4-6-19-10-14-24(26)22(16-19)23-17-20(7-5-2)11-15-25(23)29-30(27,28)21-12-8-18(3)9-13-21/h4-5,8-17,26H,1-2,6-7H2,3H3. The average molecular weight is 421 g/mol. The lowest BCUT2D eigenvalue weighted by Gasteiger charge is -2.15. The highest BCUT2D eigenvalue weighted by atomic mass is 32.2. The quantitative estimate of drug-likeness (QED) is 0.381. The fourth-order valence-electron chi connectivity index (χ4n) is 3.12. The molecule has 0 unspecified atom stereocenters. The van der Waals surface area contributed by atoms with E-state index in [9.17, 15) is 13.5 Å². The highest BCUT2D eigenvalue weighted by Crippen LogP contribution is 2.38. The van der Waals surface area contributed by atoms with Gasteiger partial charge in [0.25, 0.3) is 0 Å². The topological polar surface area (TPSA) is 63.6 Å². The van der Waals surface area contributed by atoms with Gasteiger partial charge in [-0.05, 0) is 67.3 Å². The number of phenolic OH excluding ortho intramolecular Hbond substituents is 1. The summed E-state index contributed by atoms with van der Waals surface area (Å²) in [4.78, 5) is 0.0684. The maximum atomic E-state index is 12.8. The van der Waals surface area contributed by atoms with Gasteiger partial charge in [0.05, 0.1) is 0 Å². The summed E-state index contributed by atoms with van der Waals surface area (Å²) in [6, 6.07) is 16.9. The first kappa shape index (κ1) is 21.4. The Morgan fingerprint density at radius 3 is 2.03 bits per heavy atom. The Kier molecular flexibility index (Phi) is 6.43. The van der Waals surface area contributed by atoms with E-state index in [1.54, 1.807) is 48.6 Å². The van der Waals surface area contributed by atoms with Gasteiger partial charge in [-0.15, -0.1) is 13.2 Å². The van der Waals surface area contributed by atoms with E-state index in [1.165, 1.54) is 12.1 Å². The van der Waals surface area contributed by atoms with Gasteiger partial charge in [0.2, 0.25) is 0 Å². The number of aromatic hydroxyl groups is 1. The summed E-state index contributed by atoms with van der Waals surface area (Å²) in [5.74, 6) is 0.186. The molecule has 4 nitrogen and oxygen atoms in total. The van der Waals surface area contributed by atoms with Gasteiger partial charge in [-0.25, -0.2) is 0 Å². The molecule has 0 fully saturated rings. The molecule has 0 saturated carbocycles. The molecule has 0 atom stereocenters. The van der Waals surface area contributed by atoms with Crippen LogP contribution in [-0.2, 0) is 23.0 Å². The summed E-state index contributed by atoms with van der Waals surface area (Å²) in [7, 11) is -4.04. The van der Waals surface area contributed by atoms with Crippen LogP contribution in [0.4, 0.5) is 0 Å². The molecule has 154 valence electrons. The van der Waals surface area contributed by atoms with Gasteiger partial charge in [0.15, 0.2) is 5.75 Å². The van der Waals surface area contributed by atoms with Crippen LogP contribution in [0.15, 0.2) is 90.9 Å². The van der Waals surface area contributed by atoms with E-state index in [1.807, 2.05) is 19.1 Å². The van der Waals surface area contributed by atoms with Crippen molar-refractivity contribution >= 4 is 10.1 Å². The van der Waals surface area contributed by atoms with Crippen molar-refractivity contribution in [3.05, 3.63) is 103 Å². The van der Waals surface area contributed by atoms with Crippen LogP contribution in [0.2, 0.25) is 0 Å². The van der Waals surface area contributed by atoms with Crippen molar-refractivity contribution in [3.63, 3.8) is 0 Å². The summed E-state index contributed by atoms with van der Waals surface area (Å²) < 4.78 is 31.2. The van der Waals surface area contributed by atoms with Gasteiger partial charge in [-0.3, -0.25) is 0 Å². The third kappa shape index (κ3) is 4.81. The molecule has 0 aliphatic rings. The zero-order chi connectivity index (χ0) is 21.7. The summed E-state index contributed by atoms with van der Waals surface area (Å²) in [6.45, 7) is 9.38. The molecule has 0 radical (unpaired) electrons. The minimum Gasteiger partial charge on any atom is -0.507 e. The molecular weight excluding hydrogens is 396 g/mol. The van der Waals surface area contributed by atoms with Crippen molar-refractivity contribution < 1.29 is 17.7 Å². The lowest BCUT2D eigenvalue weighted by atomic mass is 9.97. The van der Waals surface area contributed by atoms with E-state index in [0.717, 1.165) is 16.7 Å². The first-order chi connectivity index (χ1) is 14.3. The molecule has 0 spiro atoms. The molecule has 0 aliphatic carbocycles. The van der Waals surface area contributed by atoms with E-state index >= 15 is 0 Å². The van der Waals surface area contributed by atoms with Crippen LogP contribution in [0.1, 0.15) is 16.7 Å². The molecule has 0 aliphatic heterocycles. The molecule has 30 heavy (non-hydrogen) atoms. The highest BCUT2D eigenvalue weighted by Gasteiger charge is 2.20. The van der Waals surface area contributed by atoms with Gasteiger partial charge in [0, 0.05) is 11.1 Å². The van der Waals surface area contributed by atoms with Crippen LogP contribution in [0.5, 0.6) is 11.5 Å². The number of allylic oxidation sites excluding steroid dienone is 2. The Bertz CT molecular complexity index is 1180. The summed E-state index contributed by atoms with van der Waals surface area (Å²) in [6.07, 6.45) is 4.75. The third-order valence-electron chi connectivity index (χ3n) is 4.66. The Morgan fingerprint density at radius 2 is 1.43 bits per heavy atom. The zero-order valence-corrected chi connectivity index (χ0v) is 17.7. The molecule has 3 aromatic carbocycles. The Labute approximate surface area is 177 Å². The molecule has 3 rings (SSSR count). The van der Waals surface area contributed by atoms with E-state index in [2.05, 4.69) is 13.2 Å². The van der Waals surface area contributed by atoms with Crippen molar-refractivity contribution in [2.24, 2.45) is 0 Å². The van der Waals surface area contributed by atoms with E-state index in [4.69, 9.17) is 4.18 Å². The summed E-state index contributed by atoms with van der Waals surface area (Å²) in [5.41, 5.74) is 3.81. The van der Waals surface area contributed by atoms with Crippen LogP contribution in [0.3, 0.4) is 0 Å². The van der Waals surface area contributed by atoms with Crippen LogP contribution in [0.25, 0.3) is 11.1 Å². The van der Waals surface area contributed by atoms with Crippen molar-refractivity contribution in [2.75, 3.05) is 0 Å². The SMILES string of the molecule is C=CCc1ccc(O)c(-c2cc(CC=C)ccc2OS(=O)(=O)c2ccc(C)cc2)c1. The minimum absolute atomic E-state index is 0.0381. The second-order valence-corrected chi connectivity index (χ2v) is 8.56. The van der Waals surface area contributed by atoms with Gasteiger partial charge in [-0.2, -0.15) is 8.42 Å². The Hall–Kier alpha value is -3.31. The first-order valence-corrected chi connectivity index (χ1v) is 10.9. The molecular formula is C25H24O4S. The van der Waals surface area contributed by atoms with Gasteiger partial charge < -0.3 is 9.29 Å². The molecule has 0 bridgehead atoms. The van der Waals surface area contributed by atoms with Crippen molar-refractivity contribution in [1.82, 2.24) is 0 Å². The van der Waals surface area contributed by atoms with E-state index in [-0.39, 0.29) is 16.4 Å². The fraction of sp³-hybridized carbons (Fsp3) is 0.120. The van der Waals surface area contributed by atoms with Gasteiger partial charge in [0.1, 0.15) is 10.6 Å². The van der Waals surface area contributed by atoms with Crippen molar-refractivity contribution in [3.8, 4) is 22.6 Å². The molecule has 0 amide bonds. The van der Waals surface area contributed by atoms with Crippen LogP contribution in [0, 0.1) is 6.92 Å². The predicted molar refractivity (Wildman–Crippen MR) is 120 cm³/mol. The normalized spacial score (nSPS) is 11.1. The predicted octanol–water partition coefficient (Wildman–Crippen LogP) is 5.59. The second-order valence-electron chi connectivity index (χ2n) is 7.02. The lowest BCUT2D eigenvalue weighted by molar-refractivity contribution is 0.474. The lowest BCUT2D eigenvalue weighted by Crippen LogP contribution is -2.10. The number of aryl methyl sites for hydroxylation is 1. The summed E-state index contributed by atoms with van der Waals surface area (Å²) >= 11 is 0. The number of benzene rings is 3. The molecule has 1 N–H and O–H groups in total. The van der Waals surface area contributed by atoms with Gasteiger partial charge >= 0.3 is 10.1 Å². The van der Waals surface area contributed by atoms with E-state index < -0.39 is 10.1 Å². The fourth-order valence-corrected chi connectivity index (χ4v) is 4.07. The maximum Gasteiger partial charge on any atom is 0.339 e. The number of rotatable bonds is 8. The molecule has 0 saturated heterocycles. The maximum absolute atomic E-state index is 12.8. The van der Waals surface area contributed by atoms with Crippen LogP contribution in [-0.4, -0.2) is 13.5 Å². The van der Waals surface area contributed by atoms with Crippen molar-refractivity contribution in [1.29, 1.82) is 0 Å².